The number of hydrogen-bond acceptors (Lipinski definition) is 8. The first kappa shape index (κ1) is 23.6. The Morgan fingerprint density at radius 2 is 1.81 bits per heavy atom. The maximum Gasteiger partial charge on any atom is 0.243 e. The highest BCUT2D eigenvalue weighted by molar-refractivity contribution is 8.01. The van der Waals surface area contributed by atoms with Gasteiger partial charge in [-0.15, -0.1) is 10.2 Å². The minimum Gasteiger partial charge on any atom is -0.497 e. The van der Waals surface area contributed by atoms with Gasteiger partial charge in [0, 0.05) is 17.4 Å². The smallest absolute Gasteiger partial charge is 0.243 e. The predicted molar refractivity (Wildman–Crippen MR) is 129 cm³/mol. The molecule has 0 saturated heterocycles. The van der Waals surface area contributed by atoms with Crippen LogP contribution in [-0.4, -0.2) is 41.4 Å². The first-order valence-corrected chi connectivity index (χ1v) is 11.7. The Bertz CT molecular complexity index is 1090. The fraction of sp³-hybridized carbons (Fsp3) is 0.273. The highest BCUT2D eigenvalue weighted by atomic mass is 32.2. The summed E-state index contributed by atoms with van der Waals surface area (Å²) in [6.07, 6.45) is 0. The molecular formula is C22H25N5O3S2. The van der Waals surface area contributed by atoms with Gasteiger partial charge in [0.05, 0.1) is 19.4 Å². The molecule has 0 aliphatic heterocycles. The molecule has 0 aliphatic rings. The van der Waals surface area contributed by atoms with Crippen molar-refractivity contribution in [2.45, 2.75) is 25.1 Å². The van der Waals surface area contributed by atoms with Gasteiger partial charge in [-0.25, -0.2) is 0 Å². The molecule has 8 nitrogen and oxygen atoms in total. The van der Waals surface area contributed by atoms with Crippen LogP contribution in [0.4, 0.5) is 16.5 Å². The third-order valence-corrected chi connectivity index (χ3v) is 6.41. The number of thioether (sulfide) groups is 1. The zero-order valence-electron chi connectivity index (χ0n) is 18.3. The van der Waals surface area contributed by atoms with Crippen LogP contribution >= 0.6 is 23.1 Å². The summed E-state index contributed by atoms with van der Waals surface area (Å²) in [4.78, 5) is 24.4. The SMILES string of the molecule is COc1cccc(Nc2nnc(SCC(=O)NCC(=O)Nc3c(C)cc(C)cc3C)s2)c1. The van der Waals surface area contributed by atoms with Gasteiger partial charge in [-0.3, -0.25) is 9.59 Å². The van der Waals surface area contributed by atoms with Crippen molar-refractivity contribution in [1.29, 1.82) is 0 Å². The lowest BCUT2D eigenvalue weighted by Crippen LogP contribution is -2.34. The van der Waals surface area contributed by atoms with Crippen LogP contribution in [0.2, 0.25) is 0 Å². The molecule has 0 radical (unpaired) electrons. The van der Waals surface area contributed by atoms with Crippen LogP contribution in [0.15, 0.2) is 40.7 Å². The Labute approximate surface area is 195 Å². The molecular weight excluding hydrogens is 446 g/mol. The molecule has 10 heteroatoms. The van der Waals surface area contributed by atoms with E-state index in [-0.39, 0.29) is 24.1 Å². The summed E-state index contributed by atoms with van der Waals surface area (Å²) in [7, 11) is 1.61. The predicted octanol–water partition coefficient (Wildman–Crippen LogP) is 4.06. The number of rotatable bonds is 9. The van der Waals surface area contributed by atoms with Gasteiger partial charge in [0.2, 0.25) is 16.9 Å². The van der Waals surface area contributed by atoms with Crippen LogP contribution in [0.25, 0.3) is 0 Å². The summed E-state index contributed by atoms with van der Waals surface area (Å²) in [6.45, 7) is 5.82. The first-order valence-electron chi connectivity index (χ1n) is 9.86. The second-order valence-electron chi connectivity index (χ2n) is 7.12. The van der Waals surface area contributed by atoms with Crippen molar-refractivity contribution < 1.29 is 14.3 Å². The topological polar surface area (TPSA) is 105 Å². The molecule has 0 spiro atoms. The Morgan fingerprint density at radius 1 is 1.06 bits per heavy atom. The minimum absolute atomic E-state index is 0.0923. The number of amides is 2. The summed E-state index contributed by atoms with van der Waals surface area (Å²) < 4.78 is 5.86. The van der Waals surface area contributed by atoms with Gasteiger partial charge >= 0.3 is 0 Å². The van der Waals surface area contributed by atoms with Crippen LogP contribution in [0.3, 0.4) is 0 Å². The summed E-state index contributed by atoms with van der Waals surface area (Å²) in [5.41, 5.74) is 4.75. The van der Waals surface area contributed by atoms with Gasteiger partial charge < -0.3 is 20.7 Å². The summed E-state index contributed by atoms with van der Waals surface area (Å²) >= 11 is 2.61. The molecule has 0 fully saturated rings. The van der Waals surface area contributed by atoms with E-state index >= 15 is 0 Å². The van der Waals surface area contributed by atoms with Crippen molar-refractivity contribution in [3.05, 3.63) is 53.1 Å². The lowest BCUT2D eigenvalue weighted by atomic mass is 10.1. The van der Waals surface area contributed by atoms with Gasteiger partial charge in [-0.1, -0.05) is 46.9 Å². The Kier molecular flexibility index (Phi) is 8.07. The Morgan fingerprint density at radius 3 is 2.53 bits per heavy atom. The molecule has 0 saturated carbocycles. The molecule has 2 amide bonds. The maximum atomic E-state index is 12.2. The Balaban J connectivity index is 1.44. The van der Waals surface area contributed by atoms with Crippen LogP contribution in [0.1, 0.15) is 16.7 Å². The van der Waals surface area contributed by atoms with Gasteiger partial charge in [-0.05, 0) is 44.0 Å². The van der Waals surface area contributed by atoms with Crippen molar-refractivity contribution in [3.63, 3.8) is 0 Å². The van der Waals surface area contributed by atoms with E-state index in [1.165, 1.54) is 23.1 Å². The normalized spacial score (nSPS) is 10.5. The quantitative estimate of drug-likeness (QED) is 0.404. The van der Waals surface area contributed by atoms with Crippen LogP contribution in [0.5, 0.6) is 5.75 Å². The molecule has 3 N–H and O–H groups in total. The zero-order valence-corrected chi connectivity index (χ0v) is 19.9. The fourth-order valence-electron chi connectivity index (χ4n) is 3.06. The molecule has 32 heavy (non-hydrogen) atoms. The molecule has 0 atom stereocenters. The monoisotopic (exact) mass is 471 g/mol. The number of ether oxygens (including phenoxy) is 1. The fourth-order valence-corrected chi connectivity index (χ4v) is 4.66. The van der Waals surface area contributed by atoms with E-state index in [1.54, 1.807) is 7.11 Å². The van der Waals surface area contributed by atoms with Crippen molar-refractivity contribution in [1.82, 2.24) is 15.5 Å². The summed E-state index contributed by atoms with van der Waals surface area (Å²) in [5.74, 6) is 0.366. The zero-order chi connectivity index (χ0) is 23.1. The average Bonchev–Trinajstić information content (AvgIpc) is 3.20. The van der Waals surface area contributed by atoms with E-state index in [0.717, 1.165) is 33.8 Å². The second kappa shape index (κ2) is 11.0. The Hall–Kier alpha value is -3.11. The molecule has 3 aromatic rings. The average molecular weight is 472 g/mol. The maximum absolute atomic E-state index is 12.2. The standard InChI is InChI=1S/C22H25N5O3S2/c1-13-8-14(2)20(15(3)9-13)25-18(28)11-23-19(29)12-31-22-27-26-21(32-22)24-16-6-5-7-17(10-16)30-4/h5-10H,11-12H2,1-4H3,(H,23,29)(H,24,26)(H,25,28). The summed E-state index contributed by atoms with van der Waals surface area (Å²) in [5, 5.41) is 17.5. The largest absolute Gasteiger partial charge is 0.497 e. The van der Waals surface area contributed by atoms with Crippen molar-refractivity contribution in [3.8, 4) is 5.75 Å². The lowest BCUT2D eigenvalue weighted by molar-refractivity contribution is -0.122. The number of benzene rings is 2. The van der Waals surface area contributed by atoms with E-state index < -0.39 is 0 Å². The molecule has 2 aromatic carbocycles. The van der Waals surface area contributed by atoms with Gasteiger partial charge in [0.1, 0.15) is 5.75 Å². The van der Waals surface area contributed by atoms with Gasteiger partial charge in [-0.2, -0.15) is 0 Å². The van der Waals surface area contributed by atoms with Crippen LogP contribution in [-0.2, 0) is 9.59 Å². The summed E-state index contributed by atoms with van der Waals surface area (Å²) in [6, 6.07) is 11.5. The van der Waals surface area contributed by atoms with E-state index in [2.05, 4.69) is 26.1 Å². The number of carbonyl (C=O) groups is 2. The number of anilines is 3. The number of aromatic nitrogens is 2. The van der Waals surface area contributed by atoms with Gasteiger partial charge in [0.15, 0.2) is 4.34 Å². The molecule has 1 heterocycles. The van der Waals surface area contributed by atoms with E-state index in [4.69, 9.17) is 4.74 Å². The second-order valence-corrected chi connectivity index (χ2v) is 9.32. The third kappa shape index (κ3) is 6.69. The molecule has 1 aromatic heterocycles. The van der Waals surface area contributed by atoms with Crippen LogP contribution in [0, 0.1) is 20.8 Å². The van der Waals surface area contributed by atoms with E-state index in [0.29, 0.717) is 9.47 Å². The highest BCUT2D eigenvalue weighted by Crippen LogP contribution is 2.28. The third-order valence-electron chi connectivity index (χ3n) is 4.44. The number of aryl methyl sites for hydroxylation is 3. The van der Waals surface area contributed by atoms with Crippen molar-refractivity contribution in [2.24, 2.45) is 0 Å². The van der Waals surface area contributed by atoms with E-state index in [9.17, 15) is 9.59 Å². The number of methoxy groups -OCH3 is 1. The molecule has 168 valence electrons. The molecule has 0 bridgehead atoms. The first-order chi connectivity index (χ1) is 15.3. The highest BCUT2D eigenvalue weighted by Gasteiger charge is 2.12. The van der Waals surface area contributed by atoms with Crippen molar-refractivity contribution >= 4 is 51.4 Å². The lowest BCUT2D eigenvalue weighted by Gasteiger charge is -2.13. The van der Waals surface area contributed by atoms with Crippen LogP contribution < -0.4 is 20.7 Å². The molecule has 3 rings (SSSR count). The number of hydrogen-bond donors (Lipinski definition) is 3. The molecule has 0 unspecified atom stereocenters. The molecule has 0 aliphatic carbocycles. The number of nitrogens with one attached hydrogen (secondary N) is 3. The minimum atomic E-state index is -0.265. The van der Waals surface area contributed by atoms with E-state index in [1.807, 2.05) is 57.2 Å². The van der Waals surface area contributed by atoms with Gasteiger partial charge in [0.25, 0.3) is 0 Å². The number of nitrogens with zero attached hydrogens (tertiary/aromatic N) is 2. The van der Waals surface area contributed by atoms with Crippen molar-refractivity contribution in [2.75, 3.05) is 30.0 Å². The number of carbonyl (C=O) groups excluding carboxylic acids is 2.